The van der Waals surface area contributed by atoms with Gasteiger partial charge in [-0.2, -0.15) is 0 Å². The maximum atomic E-state index is 11.8. The van der Waals surface area contributed by atoms with E-state index in [1.165, 1.54) is 0 Å². The summed E-state index contributed by atoms with van der Waals surface area (Å²) in [5.74, 6) is -1.49. The van der Waals surface area contributed by atoms with Gasteiger partial charge in [0.15, 0.2) is 5.78 Å². The highest BCUT2D eigenvalue weighted by atomic mass is 16.5. The van der Waals surface area contributed by atoms with Gasteiger partial charge in [0.1, 0.15) is 18.8 Å². The van der Waals surface area contributed by atoms with Crippen LogP contribution in [-0.2, 0) is 25.7 Å². The maximum Gasteiger partial charge on any atom is 0.313 e. The maximum absolute atomic E-state index is 11.8. The molecular formula is C15H16O4. The Morgan fingerprint density at radius 3 is 2.58 bits per heavy atom. The molecule has 100 valence electrons. The second kappa shape index (κ2) is 6.27. The molecule has 2 rings (SSSR count). The third-order valence-corrected chi connectivity index (χ3v) is 3.25. The van der Waals surface area contributed by atoms with Crippen LogP contribution in [0.3, 0.4) is 0 Å². The van der Waals surface area contributed by atoms with E-state index in [1.54, 1.807) is 0 Å². The molecule has 1 aliphatic rings. The van der Waals surface area contributed by atoms with E-state index in [1.807, 2.05) is 30.3 Å². The standard InChI is InChI=1S/C15H16O4/c16-13-8-4-7-12(13)14(17)9-15(18)19-10-11-5-2-1-3-6-11/h1-3,5-6,12H,4,7-10H2. The molecule has 4 heteroatoms. The lowest BCUT2D eigenvalue weighted by Crippen LogP contribution is -2.22. The number of esters is 1. The van der Waals surface area contributed by atoms with Crippen LogP contribution in [0.5, 0.6) is 0 Å². The van der Waals surface area contributed by atoms with Crippen molar-refractivity contribution in [3.63, 3.8) is 0 Å². The zero-order valence-corrected chi connectivity index (χ0v) is 10.6. The van der Waals surface area contributed by atoms with Gasteiger partial charge < -0.3 is 4.74 Å². The van der Waals surface area contributed by atoms with Gasteiger partial charge >= 0.3 is 5.97 Å². The Labute approximate surface area is 111 Å². The third kappa shape index (κ3) is 3.74. The number of hydrogen-bond donors (Lipinski definition) is 0. The van der Waals surface area contributed by atoms with Crippen molar-refractivity contribution in [3.05, 3.63) is 35.9 Å². The molecule has 1 aromatic carbocycles. The first-order chi connectivity index (χ1) is 9.16. The molecule has 0 spiro atoms. The van der Waals surface area contributed by atoms with Gasteiger partial charge in [0.25, 0.3) is 0 Å². The van der Waals surface area contributed by atoms with Crippen molar-refractivity contribution in [3.8, 4) is 0 Å². The molecule has 19 heavy (non-hydrogen) atoms. The molecule has 1 aliphatic carbocycles. The smallest absolute Gasteiger partial charge is 0.313 e. The van der Waals surface area contributed by atoms with Gasteiger partial charge in [0.05, 0.1) is 5.92 Å². The van der Waals surface area contributed by atoms with Crippen molar-refractivity contribution < 1.29 is 19.1 Å². The number of carbonyl (C=O) groups is 3. The van der Waals surface area contributed by atoms with Crippen LogP contribution in [0.15, 0.2) is 30.3 Å². The molecule has 1 aromatic rings. The van der Waals surface area contributed by atoms with E-state index in [4.69, 9.17) is 4.74 Å². The fraction of sp³-hybridized carbons (Fsp3) is 0.400. The van der Waals surface area contributed by atoms with Crippen molar-refractivity contribution in [2.24, 2.45) is 5.92 Å². The minimum absolute atomic E-state index is 0.0409. The summed E-state index contributed by atoms with van der Waals surface area (Å²) in [5.41, 5.74) is 0.875. The number of ether oxygens (including phenoxy) is 1. The molecule has 0 radical (unpaired) electrons. The van der Waals surface area contributed by atoms with Crippen molar-refractivity contribution in [2.45, 2.75) is 32.3 Å². The first kappa shape index (κ1) is 13.5. The largest absolute Gasteiger partial charge is 0.460 e. The summed E-state index contributed by atoms with van der Waals surface area (Å²) >= 11 is 0. The third-order valence-electron chi connectivity index (χ3n) is 3.25. The van der Waals surface area contributed by atoms with E-state index < -0.39 is 11.9 Å². The normalized spacial score (nSPS) is 18.3. The summed E-state index contributed by atoms with van der Waals surface area (Å²) in [7, 11) is 0. The summed E-state index contributed by atoms with van der Waals surface area (Å²) in [4.78, 5) is 34.7. The average molecular weight is 260 g/mol. The quantitative estimate of drug-likeness (QED) is 0.600. The molecule has 0 amide bonds. The summed E-state index contributed by atoms with van der Waals surface area (Å²) in [6.45, 7) is 0.158. The highest BCUT2D eigenvalue weighted by Gasteiger charge is 2.31. The highest BCUT2D eigenvalue weighted by Crippen LogP contribution is 2.23. The second-order valence-corrected chi connectivity index (χ2v) is 4.70. The Morgan fingerprint density at radius 2 is 1.95 bits per heavy atom. The van der Waals surface area contributed by atoms with Crippen LogP contribution < -0.4 is 0 Å². The lowest BCUT2D eigenvalue weighted by atomic mass is 9.99. The first-order valence-corrected chi connectivity index (χ1v) is 6.42. The minimum Gasteiger partial charge on any atom is -0.460 e. The Kier molecular flexibility index (Phi) is 4.44. The molecule has 1 atom stereocenters. The monoisotopic (exact) mass is 260 g/mol. The van der Waals surface area contributed by atoms with Gasteiger partial charge in [0.2, 0.25) is 0 Å². The zero-order chi connectivity index (χ0) is 13.7. The first-order valence-electron chi connectivity index (χ1n) is 6.42. The van der Waals surface area contributed by atoms with E-state index in [-0.39, 0.29) is 24.6 Å². The van der Waals surface area contributed by atoms with Crippen molar-refractivity contribution in [1.29, 1.82) is 0 Å². The molecule has 1 fully saturated rings. The predicted molar refractivity (Wildman–Crippen MR) is 68.2 cm³/mol. The van der Waals surface area contributed by atoms with Crippen LogP contribution in [0.25, 0.3) is 0 Å². The molecule has 0 aromatic heterocycles. The lowest BCUT2D eigenvalue weighted by molar-refractivity contribution is -0.148. The minimum atomic E-state index is -0.579. The summed E-state index contributed by atoms with van der Waals surface area (Å²) in [6.07, 6.45) is 1.47. The summed E-state index contributed by atoms with van der Waals surface area (Å²) < 4.78 is 5.02. The summed E-state index contributed by atoms with van der Waals surface area (Å²) in [5, 5.41) is 0. The van der Waals surface area contributed by atoms with Crippen LogP contribution in [0.1, 0.15) is 31.2 Å². The lowest BCUT2D eigenvalue weighted by Gasteiger charge is -2.07. The molecule has 0 saturated heterocycles. The van der Waals surface area contributed by atoms with Gasteiger partial charge in [-0.05, 0) is 18.4 Å². The highest BCUT2D eigenvalue weighted by molar-refractivity contribution is 6.08. The van der Waals surface area contributed by atoms with E-state index in [0.29, 0.717) is 12.8 Å². The fourth-order valence-electron chi connectivity index (χ4n) is 2.21. The molecule has 4 nitrogen and oxygen atoms in total. The van der Waals surface area contributed by atoms with Crippen molar-refractivity contribution >= 4 is 17.5 Å². The van der Waals surface area contributed by atoms with Crippen LogP contribution in [0.4, 0.5) is 0 Å². The Hall–Kier alpha value is -1.97. The molecular weight excluding hydrogens is 244 g/mol. The number of benzene rings is 1. The molecule has 0 aliphatic heterocycles. The number of carbonyl (C=O) groups excluding carboxylic acids is 3. The van der Waals surface area contributed by atoms with Crippen molar-refractivity contribution in [1.82, 2.24) is 0 Å². The van der Waals surface area contributed by atoms with Gasteiger partial charge in [-0.25, -0.2) is 0 Å². The fourth-order valence-corrected chi connectivity index (χ4v) is 2.21. The Bertz CT molecular complexity index is 478. The van der Waals surface area contributed by atoms with Crippen LogP contribution in [0, 0.1) is 5.92 Å². The number of ketones is 2. The zero-order valence-electron chi connectivity index (χ0n) is 10.6. The van der Waals surface area contributed by atoms with Crippen LogP contribution in [0.2, 0.25) is 0 Å². The Morgan fingerprint density at radius 1 is 1.21 bits per heavy atom. The second-order valence-electron chi connectivity index (χ2n) is 4.70. The van der Waals surface area contributed by atoms with Crippen molar-refractivity contribution in [2.75, 3.05) is 0 Å². The van der Waals surface area contributed by atoms with Gasteiger partial charge in [-0.1, -0.05) is 30.3 Å². The topological polar surface area (TPSA) is 60.4 Å². The number of rotatable bonds is 5. The SMILES string of the molecule is O=C(CC(=O)C1CCCC1=O)OCc1ccccc1. The van der Waals surface area contributed by atoms with E-state index in [9.17, 15) is 14.4 Å². The molecule has 0 heterocycles. The van der Waals surface area contributed by atoms with Crippen LogP contribution >= 0.6 is 0 Å². The molecule has 1 saturated carbocycles. The molecule has 1 unspecified atom stereocenters. The van der Waals surface area contributed by atoms with E-state index in [0.717, 1.165) is 12.0 Å². The summed E-state index contributed by atoms with van der Waals surface area (Å²) in [6, 6.07) is 9.27. The molecule has 0 N–H and O–H groups in total. The Balaban J connectivity index is 1.78. The van der Waals surface area contributed by atoms with E-state index in [2.05, 4.69) is 0 Å². The van der Waals surface area contributed by atoms with E-state index >= 15 is 0 Å². The number of hydrogen-bond acceptors (Lipinski definition) is 4. The van der Waals surface area contributed by atoms with Gasteiger partial charge in [-0.15, -0.1) is 0 Å². The molecule has 0 bridgehead atoms. The number of Topliss-reactive ketones (excluding diaryl/α,β-unsaturated/α-hetero) is 2. The average Bonchev–Trinajstić information content (AvgIpc) is 2.84. The predicted octanol–water partition coefficient (Wildman–Crippen LogP) is 2.06. The van der Waals surface area contributed by atoms with Gasteiger partial charge in [0, 0.05) is 6.42 Å². The van der Waals surface area contributed by atoms with Crippen LogP contribution in [-0.4, -0.2) is 17.5 Å². The van der Waals surface area contributed by atoms with Gasteiger partial charge in [-0.3, -0.25) is 14.4 Å².